The van der Waals surface area contributed by atoms with Crippen molar-refractivity contribution in [2.45, 2.75) is 58.4 Å². The van der Waals surface area contributed by atoms with Crippen molar-refractivity contribution in [1.29, 1.82) is 0 Å². The zero-order valence-corrected chi connectivity index (χ0v) is 11.9. The average Bonchev–Trinajstić information content (AvgIpc) is 2.88. The van der Waals surface area contributed by atoms with Gasteiger partial charge in [-0.25, -0.2) is 0 Å². The van der Waals surface area contributed by atoms with Gasteiger partial charge in [0.05, 0.1) is 0 Å². The van der Waals surface area contributed by atoms with Gasteiger partial charge in [0.1, 0.15) is 0 Å². The van der Waals surface area contributed by atoms with E-state index in [1.807, 2.05) is 0 Å². The third-order valence-electron chi connectivity index (χ3n) is 4.24. The molecule has 1 aromatic heterocycles. The van der Waals surface area contributed by atoms with E-state index in [9.17, 15) is 0 Å². The van der Waals surface area contributed by atoms with Crippen molar-refractivity contribution in [1.82, 2.24) is 0 Å². The lowest BCUT2D eigenvalue weighted by molar-refractivity contribution is 0.181. The maximum Gasteiger partial charge on any atom is 0.0137 e. The molecule has 1 atom stereocenters. The molecule has 2 N–H and O–H groups in total. The number of nitrogens with two attached hydrogens (primary N) is 1. The van der Waals surface area contributed by atoms with Gasteiger partial charge in [-0.1, -0.05) is 26.7 Å². The van der Waals surface area contributed by atoms with E-state index in [1.165, 1.54) is 37.7 Å². The summed E-state index contributed by atoms with van der Waals surface area (Å²) in [6.45, 7) is 4.66. The molecule has 0 radical (unpaired) electrons. The lowest BCUT2D eigenvalue weighted by Crippen LogP contribution is -2.42. The Morgan fingerprint density at radius 2 is 2.06 bits per heavy atom. The summed E-state index contributed by atoms with van der Waals surface area (Å²) in [7, 11) is 0. The Balaban J connectivity index is 2.05. The topological polar surface area (TPSA) is 26.0 Å². The van der Waals surface area contributed by atoms with Gasteiger partial charge in [-0.3, -0.25) is 0 Å². The van der Waals surface area contributed by atoms with Crippen LogP contribution in [0.1, 0.15) is 51.5 Å². The van der Waals surface area contributed by atoms with Crippen LogP contribution in [-0.2, 0) is 6.42 Å². The fourth-order valence-corrected chi connectivity index (χ4v) is 4.18. The molecule has 1 saturated carbocycles. The van der Waals surface area contributed by atoms with E-state index in [0.29, 0.717) is 11.5 Å². The van der Waals surface area contributed by atoms with Crippen molar-refractivity contribution in [2.75, 3.05) is 0 Å². The number of hydrogen-bond acceptors (Lipinski definition) is 2. The second-order valence-electron chi connectivity index (χ2n) is 6.11. The van der Waals surface area contributed by atoms with Crippen LogP contribution in [0.25, 0.3) is 0 Å². The maximum atomic E-state index is 6.56. The van der Waals surface area contributed by atoms with Crippen LogP contribution in [0.2, 0.25) is 0 Å². The molecule has 0 spiro atoms. The molecule has 17 heavy (non-hydrogen) atoms. The van der Waals surface area contributed by atoms with Gasteiger partial charge in [0, 0.05) is 6.04 Å². The first-order valence-electron chi connectivity index (χ1n) is 6.89. The Morgan fingerprint density at radius 3 is 2.59 bits per heavy atom. The highest BCUT2D eigenvalue weighted by atomic mass is 32.1. The molecule has 1 aliphatic carbocycles. The fourth-order valence-electron chi connectivity index (χ4n) is 3.50. The minimum absolute atomic E-state index is 0.349. The molecular weight excluding hydrogens is 226 g/mol. The van der Waals surface area contributed by atoms with Gasteiger partial charge in [0.25, 0.3) is 0 Å². The number of thiophene rings is 1. The largest absolute Gasteiger partial charge is 0.327 e. The van der Waals surface area contributed by atoms with Crippen LogP contribution in [0, 0.1) is 11.3 Å². The van der Waals surface area contributed by atoms with E-state index in [1.54, 1.807) is 11.3 Å². The molecule has 1 unspecified atom stereocenters. The molecule has 0 bridgehead atoms. The van der Waals surface area contributed by atoms with Gasteiger partial charge < -0.3 is 5.73 Å². The lowest BCUT2D eigenvalue weighted by Gasteiger charge is -2.37. The van der Waals surface area contributed by atoms with Crippen LogP contribution in [0.15, 0.2) is 16.8 Å². The van der Waals surface area contributed by atoms with Gasteiger partial charge in [-0.05, 0) is 59.4 Å². The Labute approximate surface area is 109 Å². The van der Waals surface area contributed by atoms with Crippen molar-refractivity contribution < 1.29 is 0 Å². The van der Waals surface area contributed by atoms with Crippen molar-refractivity contribution in [3.05, 3.63) is 22.4 Å². The molecule has 0 amide bonds. The van der Waals surface area contributed by atoms with E-state index >= 15 is 0 Å². The maximum absolute atomic E-state index is 6.56. The summed E-state index contributed by atoms with van der Waals surface area (Å²) in [6, 6.07) is 2.57. The molecule has 0 aromatic carbocycles. The predicted molar refractivity (Wildman–Crippen MR) is 76.4 cm³/mol. The molecular formula is C15H25NS. The first-order valence-corrected chi connectivity index (χ1v) is 7.83. The van der Waals surface area contributed by atoms with Crippen molar-refractivity contribution in [3.8, 4) is 0 Å². The van der Waals surface area contributed by atoms with Crippen LogP contribution in [0.4, 0.5) is 0 Å². The van der Waals surface area contributed by atoms with Gasteiger partial charge in [0.15, 0.2) is 0 Å². The van der Waals surface area contributed by atoms with Crippen molar-refractivity contribution in [2.24, 2.45) is 17.1 Å². The minimum Gasteiger partial charge on any atom is -0.327 e. The summed E-state index contributed by atoms with van der Waals surface area (Å²) >= 11 is 1.78. The quantitative estimate of drug-likeness (QED) is 0.833. The Kier molecular flexibility index (Phi) is 4.26. The summed E-state index contributed by atoms with van der Waals surface area (Å²) in [5, 5.41) is 4.41. The lowest BCUT2D eigenvalue weighted by atomic mass is 9.71. The smallest absolute Gasteiger partial charge is 0.0137 e. The Hall–Kier alpha value is -0.340. The monoisotopic (exact) mass is 251 g/mol. The fraction of sp³-hybridized carbons (Fsp3) is 0.733. The van der Waals surface area contributed by atoms with Gasteiger partial charge >= 0.3 is 0 Å². The minimum atomic E-state index is 0.349. The highest BCUT2D eigenvalue weighted by molar-refractivity contribution is 7.07. The van der Waals surface area contributed by atoms with E-state index in [0.717, 1.165) is 12.3 Å². The highest BCUT2D eigenvalue weighted by Gasteiger charge is 2.39. The molecule has 2 heteroatoms. The molecule has 1 heterocycles. The molecule has 96 valence electrons. The molecule has 0 aliphatic heterocycles. The van der Waals surface area contributed by atoms with Crippen molar-refractivity contribution >= 4 is 11.3 Å². The molecule has 1 nitrogen and oxygen atoms in total. The molecule has 0 saturated heterocycles. The van der Waals surface area contributed by atoms with Crippen molar-refractivity contribution in [3.63, 3.8) is 0 Å². The van der Waals surface area contributed by atoms with Crippen LogP contribution < -0.4 is 5.73 Å². The summed E-state index contributed by atoms with van der Waals surface area (Å²) < 4.78 is 0. The first kappa shape index (κ1) is 13.1. The standard InChI is InChI=1S/C15H25NS/c1-12(2)10-15(6-3-4-7-15)14(16)9-13-5-8-17-11-13/h5,8,11-12,14H,3-4,6-7,9-10,16H2,1-2H3. The average molecular weight is 251 g/mol. The van der Waals surface area contributed by atoms with Gasteiger partial charge in [-0.2, -0.15) is 11.3 Å². The SMILES string of the molecule is CC(C)CC1(C(N)Cc2ccsc2)CCCC1. The first-order chi connectivity index (χ1) is 8.12. The predicted octanol–water partition coefficient (Wildman–Crippen LogP) is 4.22. The Bertz CT molecular complexity index is 323. The third kappa shape index (κ3) is 3.11. The summed E-state index contributed by atoms with van der Waals surface area (Å²) in [4.78, 5) is 0. The van der Waals surface area contributed by atoms with E-state index in [2.05, 4.69) is 30.7 Å². The van der Waals surface area contributed by atoms with Crippen LogP contribution in [0.3, 0.4) is 0 Å². The molecule has 1 aliphatic rings. The van der Waals surface area contributed by atoms with E-state index in [-0.39, 0.29) is 0 Å². The summed E-state index contributed by atoms with van der Waals surface area (Å²) in [6.07, 6.45) is 7.82. The van der Waals surface area contributed by atoms with E-state index in [4.69, 9.17) is 5.73 Å². The zero-order chi connectivity index (χ0) is 12.3. The van der Waals surface area contributed by atoms with Crippen LogP contribution in [0.5, 0.6) is 0 Å². The second-order valence-corrected chi connectivity index (χ2v) is 6.89. The highest BCUT2D eigenvalue weighted by Crippen LogP contribution is 2.46. The zero-order valence-electron chi connectivity index (χ0n) is 11.1. The van der Waals surface area contributed by atoms with Gasteiger partial charge in [-0.15, -0.1) is 0 Å². The van der Waals surface area contributed by atoms with Crippen LogP contribution >= 0.6 is 11.3 Å². The summed E-state index contributed by atoms with van der Waals surface area (Å²) in [5.41, 5.74) is 8.41. The van der Waals surface area contributed by atoms with Crippen LogP contribution in [-0.4, -0.2) is 6.04 Å². The molecule has 2 rings (SSSR count). The second kappa shape index (κ2) is 5.53. The molecule has 1 aromatic rings. The normalized spacial score (nSPS) is 20.9. The number of hydrogen-bond donors (Lipinski definition) is 1. The Morgan fingerprint density at radius 1 is 1.35 bits per heavy atom. The number of rotatable bonds is 5. The van der Waals surface area contributed by atoms with Gasteiger partial charge in [0.2, 0.25) is 0 Å². The molecule has 1 fully saturated rings. The van der Waals surface area contributed by atoms with E-state index < -0.39 is 0 Å². The summed E-state index contributed by atoms with van der Waals surface area (Å²) in [5.74, 6) is 0.765. The third-order valence-corrected chi connectivity index (χ3v) is 4.97.